The maximum Gasteiger partial charge on any atom is 0.439 e. The van der Waals surface area contributed by atoms with Gasteiger partial charge < -0.3 is 0 Å². The predicted octanol–water partition coefficient (Wildman–Crippen LogP) is 2.37. The summed E-state index contributed by atoms with van der Waals surface area (Å²) >= 11 is 0. The molecule has 0 spiro atoms. The van der Waals surface area contributed by atoms with Gasteiger partial charge in [-0.25, -0.2) is 19.3 Å². The van der Waals surface area contributed by atoms with Crippen molar-refractivity contribution in [1.82, 2.24) is 9.55 Å². The molecule has 5 heteroatoms. The van der Waals surface area contributed by atoms with Crippen molar-refractivity contribution in [3.63, 3.8) is 0 Å². The van der Waals surface area contributed by atoms with Crippen LogP contribution in [0.4, 0.5) is 4.79 Å². The molecule has 0 aromatic carbocycles. The van der Waals surface area contributed by atoms with Gasteiger partial charge in [-0.05, 0) is 13.3 Å². The van der Waals surface area contributed by atoms with Crippen molar-refractivity contribution in [1.29, 1.82) is 0 Å². The van der Waals surface area contributed by atoms with Crippen molar-refractivity contribution in [2.45, 2.75) is 27.2 Å². The first-order valence-corrected chi connectivity index (χ1v) is 5.82. The Hall–Kier alpha value is -1.75. The number of quaternary nitrogens is 1. The monoisotopic (exact) mass is 233 g/mol. The van der Waals surface area contributed by atoms with E-state index in [2.05, 4.69) is 9.98 Å². The van der Waals surface area contributed by atoms with Gasteiger partial charge in [0.2, 0.25) is 6.34 Å². The molecule has 1 aromatic heterocycles. The number of aromatic nitrogens is 2. The summed E-state index contributed by atoms with van der Waals surface area (Å²) in [7, 11) is 0. The van der Waals surface area contributed by atoms with Gasteiger partial charge >= 0.3 is 6.03 Å². The molecule has 0 saturated carbocycles. The summed E-state index contributed by atoms with van der Waals surface area (Å²) in [6.45, 7) is 6.68. The second kappa shape index (κ2) is 4.25. The number of hydrogen-bond acceptors (Lipinski definition) is 3. The number of amides is 1. The fourth-order valence-electron chi connectivity index (χ4n) is 2.15. The first-order valence-electron chi connectivity index (χ1n) is 5.82. The molecular weight excluding hydrogens is 216 g/mol. The van der Waals surface area contributed by atoms with E-state index >= 15 is 0 Å². The second-order valence-electron chi connectivity index (χ2n) is 4.07. The summed E-state index contributed by atoms with van der Waals surface area (Å²) in [6.07, 6.45) is 7.39. The number of nitrogens with zero attached hydrogens (tertiary/aromatic N) is 4. The van der Waals surface area contributed by atoms with E-state index in [1.807, 2.05) is 20.8 Å². The van der Waals surface area contributed by atoms with E-state index in [4.69, 9.17) is 0 Å². The van der Waals surface area contributed by atoms with Crippen LogP contribution in [0.2, 0.25) is 0 Å². The molecule has 2 heterocycles. The molecule has 2 rings (SSSR count). The van der Waals surface area contributed by atoms with Crippen molar-refractivity contribution in [2.75, 3.05) is 6.54 Å². The third-order valence-corrected chi connectivity index (χ3v) is 3.33. The number of rotatable bonds is 2. The molecule has 1 aliphatic heterocycles. The number of aliphatic imine (C=N–C) groups is 1. The maximum atomic E-state index is 12.5. The lowest BCUT2D eigenvalue weighted by Gasteiger charge is -2.26. The minimum Gasteiger partial charge on any atom is -0.245 e. The maximum absolute atomic E-state index is 12.5. The summed E-state index contributed by atoms with van der Waals surface area (Å²) in [5.41, 5.74) is 2.01. The standard InChI is InChI=1S/C12H17N4O/c1-4-11-10(3)16(5-2,9-14-11)12(17)15-7-6-13-8-15/h6-9H,4-5H2,1-3H3/q+1. The molecule has 1 aromatic rings. The zero-order valence-corrected chi connectivity index (χ0v) is 10.4. The van der Waals surface area contributed by atoms with E-state index in [-0.39, 0.29) is 10.5 Å². The Morgan fingerprint density at radius 2 is 2.24 bits per heavy atom. The third kappa shape index (κ3) is 1.63. The summed E-state index contributed by atoms with van der Waals surface area (Å²) < 4.78 is 1.68. The topological polar surface area (TPSA) is 47.2 Å². The lowest BCUT2D eigenvalue weighted by Crippen LogP contribution is -2.50. The van der Waals surface area contributed by atoms with Crippen LogP contribution in [-0.2, 0) is 0 Å². The lowest BCUT2D eigenvalue weighted by molar-refractivity contribution is -0.704. The Kier molecular flexibility index (Phi) is 2.93. The van der Waals surface area contributed by atoms with E-state index in [1.165, 1.54) is 10.9 Å². The first kappa shape index (κ1) is 11.7. The van der Waals surface area contributed by atoms with Gasteiger partial charge in [-0.3, -0.25) is 0 Å². The van der Waals surface area contributed by atoms with Crippen molar-refractivity contribution in [3.05, 3.63) is 30.1 Å². The Morgan fingerprint density at radius 3 is 2.71 bits per heavy atom. The van der Waals surface area contributed by atoms with Crippen LogP contribution >= 0.6 is 0 Å². The van der Waals surface area contributed by atoms with Crippen LogP contribution in [0.25, 0.3) is 0 Å². The van der Waals surface area contributed by atoms with Gasteiger partial charge in [0.15, 0.2) is 0 Å². The fourth-order valence-corrected chi connectivity index (χ4v) is 2.15. The molecule has 1 aliphatic rings. The molecule has 90 valence electrons. The predicted molar refractivity (Wildman–Crippen MR) is 65.3 cm³/mol. The molecule has 1 amide bonds. The molecule has 0 bridgehead atoms. The van der Waals surface area contributed by atoms with Gasteiger partial charge in [-0.15, -0.1) is 0 Å². The van der Waals surface area contributed by atoms with Crippen molar-refractivity contribution in [3.8, 4) is 0 Å². The molecule has 0 radical (unpaired) electrons. The highest BCUT2D eigenvalue weighted by Gasteiger charge is 2.42. The second-order valence-corrected chi connectivity index (χ2v) is 4.07. The van der Waals surface area contributed by atoms with Gasteiger partial charge in [-0.2, -0.15) is 4.48 Å². The van der Waals surface area contributed by atoms with Crippen molar-refractivity contribution >= 4 is 12.4 Å². The minimum atomic E-state index is -0.0327. The summed E-state index contributed by atoms with van der Waals surface area (Å²) in [6, 6.07) is -0.0327. The quantitative estimate of drug-likeness (QED) is 0.736. The zero-order chi connectivity index (χ0) is 12.5. The van der Waals surface area contributed by atoms with Gasteiger partial charge in [0.1, 0.15) is 17.7 Å². The molecule has 1 atom stereocenters. The molecule has 17 heavy (non-hydrogen) atoms. The number of imidazole rings is 1. The Bertz CT molecular complexity index is 487. The SMILES string of the molecule is CCC1=C(C)[N+](CC)(C(=O)n2ccnc2)C=N1. The average Bonchev–Trinajstić information content (AvgIpc) is 2.96. The van der Waals surface area contributed by atoms with Crippen LogP contribution in [0, 0.1) is 0 Å². The smallest absolute Gasteiger partial charge is 0.245 e. The molecular formula is C12H17N4O+. The summed E-state index contributed by atoms with van der Waals surface area (Å²) in [5.74, 6) is 0. The zero-order valence-electron chi connectivity index (χ0n) is 10.4. The van der Waals surface area contributed by atoms with Crippen LogP contribution in [-0.4, -0.2) is 32.9 Å². The summed E-state index contributed by atoms with van der Waals surface area (Å²) in [4.78, 5) is 20.8. The largest absolute Gasteiger partial charge is 0.439 e. The summed E-state index contributed by atoms with van der Waals surface area (Å²) in [5, 5.41) is 0. The fraction of sp³-hybridized carbons (Fsp3) is 0.417. The number of carbonyl (C=O) groups is 1. The van der Waals surface area contributed by atoms with Crippen LogP contribution < -0.4 is 0 Å². The number of hydrogen-bond donors (Lipinski definition) is 0. The van der Waals surface area contributed by atoms with E-state index in [0.29, 0.717) is 6.54 Å². The van der Waals surface area contributed by atoms with Gasteiger partial charge in [0.25, 0.3) is 0 Å². The Balaban J connectivity index is 2.45. The molecule has 0 saturated heterocycles. The molecule has 5 nitrogen and oxygen atoms in total. The minimum absolute atomic E-state index is 0.0327. The van der Waals surface area contributed by atoms with Gasteiger partial charge in [0, 0.05) is 19.3 Å². The van der Waals surface area contributed by atoms with E-state index in [1.54, 1.807) is 18.7 Å². The number of carbonyl (C=O) groups excluding carboxylic acids is 1. The van der Waals surface area contributed by atoms with Gasteiger partial charge in [-0.1, -0.05) is 6.92 Å². The number of allylic oxidation sites excluding steroid dienone is 2. The van der Waals surface area contributed by atoms with Crippen molar-refractivity contribution < 1.29 is 9.28 Å². The van der Waals surface area contributed by atoms with E-state index in [0.717, 1.165) is 17.8 Å². The first-order chi connectivity index (χ1) is 8.15. The lowest BCUT2D eigenvalue weighted by atomic mass is 10.2. The molecule has 1 unspecified atom stereocenters. The molecule has 0 fully saturated rings. The van der Waals surface area contributed by atoms with E-state index in [9.17, 15) is 4.79 Å². The van der Waals surface area contributed by atoms with Crippen molar-refractivity contribution in [2.24, 2.45) is 4.99 Å². The highest BCUT2D eigenvalue weighted by atomic mass is 16.2. The molecule has 0 N–H and O–H groups in total. The normalized spacial score (nSPS) is 23.5. The Labute approximate surface area is 101 Å². The highest BCUT2D eigenvalue weighted by molar-refractivity contribution is 5.80. The highest BCUT2D eigenvalue weighted by Crippen LogP contribution is 2.28. The average molecular weight is 233 g/mol. The van der Waals surface area contributed by atoms with Gasteiger partial charge in [0.05, 0.1) is 6.54 Å². The molecule has 0 aliphatic carbocycles. The van der Waals surface area contributed by atoms with Crippen LogP contribution in [0.5, 0.6) is 0 Å². The third-order valence-electron chi connectivity index (χ3n) is 3.33. The van der Waals surface area contributed by atoms with Crippen LogP contribution in [0.15, 0.2) is 35.1 Å². The van der Waals surface area contributed by atoms with E-state index < -0.39 is 0 Å². The van der Waals surface area contributed by atoms with Crippen LogP contribution in [0.3, 0.4) is 0 Å². The van der Waals surface area contributed by atoms with Crippen LogP contribution in [0.1, 0.15) is 27.2 Å². The Morgan fingerprint density at radius 1 is 1.47 bits per heavy atom.